The Morgan fingerprint density at radius 3 is 2.45 bits per heavy atom. The first-order valence-corrected chi connectivity index (χ1v) is 8.89. The maximum atomic E-state index is 12.3. The molecule has 0 N–H and O–H groups in total. The van der Waals surface area contributed by atoms with Gasteiger partial charge in [-0.05, 0) is 30.8 Å². The van der Waals surface area contributed by atoms with E-state index in [2.05, 4.69) is 4.40 Å². The van der Waals surface area contributed by atoms with Crippen LogP contribution in [0.3, 0.4) is 0 Å². The van der Waals surface area contributed by atoms with Gasteiger partial charge in [0.25, 0.3) is 15.9 Å². The molecule has 8 heteroatoms. The second-order valence-electron chi connectivity index (χ2n) is 4.77. The Kier molecular flexibility index (Phi) is 4.92. The van der Waals surface area contributed by atoms with Crippen molar-refractivity contribution < 1.29 is 13.2 Å². The number of carbonyl (C=O) groups is 1. The molecular weight excluding hydrogens is 322 g/mol. The summed E-state index contributed by atoms with van der Waals surface area (Å²) in [7, 11) is -0.232. The fourth-order valence-electron chi connectivity index (χ4n) is 1.83. The van der Waals surface area contributed by atoms with Crippen molar-refractivity contribution in [2.24, 2.45) is 4.40 Å². The van der Waals surface area contributed by atoms with E-state index in [0.29, 0.717) is 11.4 Å². The Bertz CT molecular complexity index is 725. The van der Waals surface area contributed by atoms with Gasteiger partial charge in [0.05, 0.1) is 9.80 Å². The zero-order chi connectivity index (χ0) is 16.3. The summed E-state index contributed by atoms with van der Waals surface area (Å²) in [5.41, 5.74) is 0. The number of amidine groups is 1. The van der Waals surface area contributed by atoms with Gasteiger partial charge in [-0.2, -0.15) is 8.42 Å². The maximum Gasteiger partial charge on any atom is 0.284 e. The van der Waals surface area contributed by atoms with Crippen molar-refractivity contribution >= 4 is 32.9 Å². The Morgan fingerprint density at radius 2 is 1.91 bits per heavy atom. The van der Waals surface area contributed by atoms with Gasteiger partial charge in [-0.3, -0.25) is 9.69 Å². The summed E-state index contributed by atoms with van der Waals surface area (Å²) in [4.78, 5) is 15.9. The van der Waals surface area contributed by atoms with Crippen LogP contribution in [0.4, 0.5) is 0 Å². The minimum absolute atomic E-state index is 0.108. The highest BCUT2D eigenvalue weighted by Crippen LogP contribution is 2.32. The van der Waals surface area contributed by atoms with Crippen LogP contribution in [0.15, 0.2) is 50.7 Å². The average Bonchev–Trinajstić information content (AvgIpc) is 2.74. The normalized spacial score (nSPS) is 19.2. The van der Waals surface area contributed by atoms with Gasteiger partial charge >= 0.3 is 0 Å². The average molecular weight is 339 g/mol. The number of benzene rings is 1. The van der Waals surface area contributed by atoms with Gasteiger partial charge in [0, 0.05) is 26.8 Å². The topological polar surface area (TPSA) is 70.1 Å². The predicted octanol–water partition coefficient (Wildman–Crippen LogP) is 1.73. The van der Waals surface area contributed by atoms with Gasteiger partial charge in [-0.15, -0.1) is 4.40 Å². The molecule has 1 aromatic rings. The van der Waals surface area contributed by atoms with Crippen molar-refractivity contribution in [3.63, 3.8) is 0 Å². The molecule has 6 nitrogen and oxygen atoms in total. The number of nitrogens with zero attached hydrogens (tertiary/aromatic N) is 3. The highest BCUT2D eigenvalue weighted by atomic mass is 32.2. The zero-order valence-electron chi connectivity index (χ0n) is 12.6. The third-order valence-corrected chi connectivity index (χ3v) is 5.21. The fraction of sp³-hybridized carbons (Fsp3) is 0.286. The molecule has 0 spiro atoms. The molecule has 118 valence electrons. The Labute approximate surface area is 134 Å². The lowest BCUT2D eigenvalue weighted by atomic mass is 10.4. The molecule has 1 fully saturated rings. The van der Waals surface area contributed by atoms with Crippen LogP contribution in [0.5, 0.6) is 0 Å². The number of rotatable bonds is 4. The monoisotopic (exact) mass is 339 g/mol. The standard InChI is InChI=1S/C14H17N3O3S2/c1-4-17-13(18)12(10-16(2)3)21-14(17)15-22(19,20)11-8-6-5-7-9-11/h5-10H,4H2,1-3H3/b12-10-,15-14+. The van der Waals surface area contributed by atoms with E-state index in [0.717, 1.165) is 11.8 Å². The van der Waals surface area contributed by atoms with Crippen molar-refractivity contribution in [2.75, 3.05) is 20.6 Å². The quantitative estimate of drug-likeness (QED) is 0.781. The molecular formula is C14H17N3O3S2. The molecule has 1 amide bonds. The summed E-state index contributed by atoms with van der Waals surface area (Å²) in [6, 6.07) is 7.96. The molecule has 0 unspecified atom stereocenters. The van der Waals surface area contributed by atoms with Crippen LogP contribution in [0.1, 0.15) is 6.92 Å². The van der Waals surface area contributed by atoms with Crippen molar-refractivity contribution in [3.05, 3.63) is 41.4 Å². The van der Waals surface area contributed by atoms with Crippen LogP contribution in [0.2, 0.25) is 0 Å². The molecule has 0 saturated carbocycles. The van der Waals surface area contributed by atoms with Crippen LogP contribution in [-0.2, 0) is 14.8 Å². The summed E-state index contributed by atoms with van der Waals surface area (Å²) in [6.45, 7) is 2.14. The van der Waals surface area contributed by atoms with Gasteiger partial charge in [-0.1, -0.05) is 18.2 Å². The molecule has 0 bridgehead atoms. The van der Waals surface area contributed by atoms with E-state index in [1.165, 1.54) is 17.0 Å². The Hall–Kier alpha value is -1.80. The van der Waals surface area contributed by atoms with Gasteiger partial charge < -0.3 is 4.90 Å². The minimum atomic E-state index is -3.83. The van der Waals surface area contributed by atoms with E-state index in [-0.39, 0.29) is 16.0 Å². The molecule has 1 aromatic carbocycles. The van der Waals surface area contributed by atoms with E-state index in [1.807, 2.05) is 0 Å². The number of amides is 1. The summed E-state index contributed by atoms with van der Waals surface area (Å²) >= 11 is 1.07. The molecule has 0 radical (unpaired) electrons. The van der Waals surface area contributed by atoms with Crippen LogP contribution in [0, 0.1) is 0 Å². The van der Waals surface area contributed by atoms with Gasteiger partial charge in [0.2, 0.25) is 0 Å². The second kappa shape index (κ2) is 6.53. The van der Waals surface area contributed by atoms with E-state index >= 15 is 0 Å². The minimum Gasteiger partial charge on any atom is -0.382 e. The molecule has 2 rings (SSSR count). The highest BCUT2D eigenvalue weighted by Gasteiger charge is 2.34. The number of thioether (sulfide) groups is 1. The Balaban J connectivity index is 2.41. The van der Waals surface area contributed by atoms with Crippen LogP contribution in [-0.4, -0.2) is 49.9 Å². The van der Waals surface area contributed by atoms with Gasteiger partial charge in [-0.25, -0.2) is 0 Å². The first-order chi connectivity index (χ1) is 10.3. The van der Waals surface area contributed by atoms with Crippen LogP contribution < -0.4 is 0 Å². The summed E-state index contributed by atoms with van der Waals surface area (Å²) < 4.78 is 28.5. The van der Waals surface area contributed by atoms with E-state index in [4.69, 9.17) is 0 Å². The zero-order valence-corrected chi connectivity index (χ0v) is 14.2. The molecule has 0 aliphatic carbocycles. The third kappa shape index (κ3) is 3.50. The predicted molar refractivity (Wildman–Crippen MR) is 87.8 cm³/mol. The van der Waals surface area contributed by atoms with Gasteiger partial charge in [0.15, 0.2) is 5.17 Å². The lowest BCUT2D eigenvalue weighted by Crippen LogP contribution is -2.29. The highest BCUT2D eigenvalue weighted by molar-refractivity contribution is 8.19. The molecule has 1 aliphatic heterocycles. The van der Waals surface area contributed by atoms with Crippen LogP contribution in [0.25, 0.3) is 0 Å². The van der Waals surface area contributed by atoms with E-state index in [9.17, 15) is 13.2 Å². The van der Waals surface area contributed by atoms with Crippen molar-refractivity contribution in [1.29, 1.82) is 0 Å². The van der Waals surface area contributed by atoms with Gasteiger partial charge in [0.1, 0.15) is 0 Å². The molecule has 0 aromatic heterocycles. The fourth-order valence-corrected chi connectivity index (χ4v) is 4.16. The first kappa shape index (κ1) is 16.6. The molecule has 1 saturated heterocycles. The summed E-state index contributed by atoms with van der Waals surface area (Å²) in [5.74, 6) is -0.233. The smallest absolute Gasteiger partial charge is 0.284 e. The van der Waals surface area contributed by atoms with Crippen molar-refractivity contribution in [2.45, 2.75) is 11.8 Å². The van der Waals surface area contributed by atoms with Crippen molar-refractivity contribution in [3.8, 4) is 0 Å². The maximum absolute atomic E-state index is 12.3. The number of hydrogen-bond donors (Lipinski definition) is 0. The molecule has 0 atom stereocenters. The Morgan fingerprint density at radius 1 is 1.27 bits per heavy atom. The number of likely N-dealkylation sites (N-methyl/N-ethyl adjacent to an activating group) is 1. The third-order valence-electron chi connectivity index (χ3n) is 2.82. The SMILES string of the molecule is CCN1C(=O)/C(=C/N(C)C)S/C1=N/S(=O)(=O)c1ccccc1. The largest absolute Gasteiger partial charge is 0.382 e. The number of sulfonamides is 1. The molecule has 22 heavy (non-hydrogen) atoms. The lowest BCUT2D eigenvalue weighted by Gasteiger charge is -2.12. The number of hydrogen-bond acceptors (Lipinski definition) is 5. The molecule has 1 aliphatic rings. The van der Waals surface area contributed by atoms with Crippen molar-refractivity contribution in [1.82, 2.24) is 9.80 Å². The van der Waals surface area contributed by atoms with E-state index < -0.39 is 10.0 Å². The lowest BCUT2D eigenvalue weighted by molar-refractivity contribution is -0.122. The number of carbonyl (C=O) groups excluding carboxylic acids is 1. The second-order valence-corrected chi connectivity index (χ2v) is 7.38. The van der Waals surface area contributed by atoms with Crippen LogP contribution >= 0.6 is 11.8 Å². The molecule has 1 heterocycles. The summed E-state index contributed by atoms with van der Waals surface area (Å²) in [5, 5.41) is 0.185. The van der Waals surface area contributed by atoms with E-state index in [1.54, 1.807) is 50.3 Å². The first-order valence-electron chi connectivity index (χ1n) is 6.63. The summed E-state index contributed by atoms with van der Waals surface area (Å²) in [6.07, 6.45) is 1.66.